The quantitative estimate of drug-likeness (QED) is 0.429. The summed E-state index contributed by atoms with van der Waals surface area (Å²) in [5, 5.41) is 0. The van der Waals surface area contributed by atoms with E-state index in [0.29, 0.717) is 12.8 Å². The van der Waals surface area contributed by atoms with Crippen LogP contribution in [0.4, 0.5) is 0 Å². The molecule has 0 aromatic rings. The van der Waals surface area contributed by atoms with Gasteiger partial charge in [0.2, 0.25) is 0 Å². The van der Waals surface area contributed by atoms with Crippen LogP contribution in [0.2, 0.25) is 0 Å². The van der Waals surface area contributed by atoms with Crippen LogP contribution in [0.3, 0.4) is 0 Å². The topological polar surface area (TPSA) is 40.1 Å². The lowest BCUT2D eigenvalue weighted by Gasteiger charge is -2.36. The normalized spacial score (nSPS) is 35.8. The lowest BCUT2D eigenvalue weighted by atomic mass is 9.92. The molecule has 1 aliphatic carbocycles. The largest absolute Gasteiger partial charge is 0.772 e. The minimum Gasteiger partial charge on any atom is -0.772 e. The van der Waals surface area contributed by atoms with Crippen LogP contribution in [0.1, 0.15) is 19.8 Å². The van der Waals surface area contributed by atoms with Gasteiger partial charge in [-0.3, -0.25) is 4.21 Å². The standard InChI is InChI=1S/C6H10O2S/c1-2-6(9(7)8)4-3-5-6/h3-4H,2,5H2,1H3,(H,7,8)/p-1. The zero-order valence-electron chi connectivity index (χ0n) is 5.29. The minimum atomic E-state index is -1.92. The van der Waals surface area contributed by atoms with Crippen molar-refractivity contribution in [3.05, 3.63) is 12.2 Å². The van der Waals surface area contributed by atoms with E-state index in [-0.39, 0.29) is 0 Å². The highest BCUT2D eigenvalue weighted by atomic mass is 32.2. The van der Waals surface area contributed by atoms with Crippen molar-refractivity contribution in [3.63, 3.8) is 0 Å². The first-order valence-electron chi connectivity index (χ1n) is 2.98. The zero-order valence-corrected chi connectivity index (χ0v) is 6.11. The number of hydrogen-bond donors (Lipinski definition) is 0. The van der Waals surface area contributed by atoms with E-state index in [2.05, 4.69) is 0 Å². The van der Waals surface area contributed by atoms with Crippen molar-refractivity contribution in [2.24, 2.45) is 0 Å². The van der Waals surface area contributed by atoms with Gasteiger partial charge in [-0.05, 0) is 23.9 Å². The summed E-state index contributed by atoms with van der Waals surface area (Å²) in [7, 11) is 0. The number of hydrogen-bond acceptors (Lipinski definition) is 2. The van der Waals surface area contributed by atoms with E-state index >= 15 is 0 Å². The molecular weight excluding hydrogens is 136 g/mol. The highest BCUT2D eigenvalue weighted by Gasteiger charge is 2.30. The van der Waals surface area contributed by atoms with Crippen LogP contribution in [0, 0.1) is 0 Å². The second-order valence-electron chi connectivity index (χ2n) is 2.26. The SMILES string of the molecule is CCC1(S(=O)[O-])C=CC1. The van der Waals surface area contributed by atoms with Crippen molar-refractivity contribution < 1.29 is 8.76 Å². The van der Waals surface area contributed by atoms with E-state index in [4.69, 9.17) is 0 Å². The summed E-state index contributed by atoms with van der Waals surface area (Å²) in [4.78, 5) is 0. The Hall–Kier alpha value is -0.150. The van der Waals surface area contributed by atoms with E-state index in [9.17, 15) is 8.76 Å². The Morgan fingerprint density at radius 3 is 2.44 bits per heavy atom. The van der Waals surface area contributed by atoms with E-state index in [0.717, 1.165) is 0 Å². The van der Waals surface area contributed by atoms with Crippen molar-refractivity contribution in [1.29, 1.82) is 0 Å². The van der Waals surface area contributed by atoms with Gasteiger partial charge in [0.1, 0.15) is 0 Å². The van der Waals surface area contributed by atoms with Gasteiger partial charge in [-0.25, -0.2) is 0 Å². The van der Waals surface area contributed by atoms with Gasteiger partial charge in [-0.15, -0.1) is 0 Å². The predicted molar refractivity (Wildman–Crippen MR) is 35.7 cm³/mol. The van der Waals surface area contributed by atoms with E-state index < -0.39 is 15.8 Å². The van der Waals surface area contributed by atoms with Crippen LogP contribution in [0.15, 0.2) is 12.2 Å². The van der Waals surface area contributed by atoms with Crippen molar-refractivity contribution in [2.45, 2.75) is 24.5 Å². The minimum absolute atomic E-state index is 0.500. The number of rotatable bonds is 2. The van der Waals surface area contributed by atoms with Gasteiger partial charge in [0.15, 0.2) is 0 Å². The van der Waals surface area contributed by atoms with Crippen LogP contribution < -0.4 is 0 Å². The Bertz CT molecular complexity index is 164. The Balaban J connectivity index is 2.70. The van der Waals surface area contributed by atoms with Crippen LogP contribution in [-0.4, -0.2) is 13.5 Å². The second-order valence-corrected chi connectivity index (χ2v) is 3.54. The Kier molecular flexibility index (Phi) is 1.73. The van der Waals surface area contributed by atoms with E-state index in [1.54, 1.807) is 6.08 Å². The van der Waals surface area contributed by atoms with E-state index in [1.165, 1.54) is 0 Å². The van der Waals surface area contributed by atoms with Crippen molar-refractivity contribution in [1.82, 2.24) is 0 Å². The van der Waals surface area contributed by atoms with Crippen molar-refractivity contribution in [2.75, 3.05) is 0 Å². The molecule has 1 rings (SSSR count). The third kappa shape index (κ3) is 0.946. The van der Waals surface area contributed by atoms with Crippen molar-refractivity contribution >= 4 is 11.1 Å². The Morgan fingerprint density at radius 1 is 1.89 bits per heavy atom. The molecule has 3 heteroatoms. The molecule has 0 aromatic carbocycles. The fourth-order valence-electron chi connectivity index (χ4n) is 0.884. The molecule has 0 aromatic heterocycles. The van der Waals surface area contributed by atoms with Gasteiger partial charge < -0.3 is 4.55 Å². The van der Waals surface area contributed by atoms with Gasteiger partial charge >= 0.3 is 0 Å². The molecule has 0 radical (unpaired) electrons. The molecule has 0 bridgehead atoms. The monoisotopic (exact) mass is 145 g/mol. The summed E-state index contributed by atoms with van der Waals surface area (Å²) >= 11 is -1.92. The molecule has 1 aliphatic rings. The summed E-state index contributed by atoms with van der Waals surface area (Å²) in [6, 6.07) is 0. The molecule has 0 fully saturated rings. The summed E-state index contributed by atoms with van der Waals surface area (Å²) < 4.78 is 20.5. The molecule has 0 aliphatic heterocycles. The lowest BCUT2D eigenvalue weighted by Crippen LogP contribution is -2.35. The molecule has 0 saturated carbocycles. The molecule has 0 amide bonds. The van der Waals surface area contributed by atoms with Gasteiger partial charge in [0, 0.05) is 0 Å². The molecule has 52 valence electrons. The van der Waals surface area contributed by atoms with Crippen LogP contribution in [0.25, 0.3) is 0 Å². The third-order valence-corrected chi connectivity index (χ3v) is 3.07. The Labute approximate surface area is 57.2 Å². The zero-order chi connectivity index (χ0) is 6.91. The molecule has 2 nitrogen and oxygen atoms in total. The maximum absolute atomic E-state index is 10.5. The highest BCUT2D eigenvalue weighted by Crippen LogP contribution is 2.31. The molecule has 0 spiro atoms. The fraction of sp³-hybridized carbons (Fsp3) is 0.667. The first kappa shape index (κ1) is 6.96. The third-order valence-electron chi connectivity index (χ3n) is 1.82. The molecule has 0 saturated heterocycles. The van der Waals surface area contributed by atoms with Crippen LogP contribution >= 0.6 is 0 Å². The maximum Gasteiger partial charge on any atom is 0.0538 e. The lowest BCUT2D eigenvalue weighted by molar-refractivity contribution is 0.482. The molecular formula is C6H9O2S-. The molecule has 2 unspecified atom stereocenters. The molecule has 2 atom stereocenters. The summed E-state index contributed by atoms with van der Waals surface area (Å²) in [6.45, 7) is 1.89. The van der Waals surface area contributed by atoms with Gasteiger partial charge in [0.25, 0.3) is 0 Å². The van der Waals surface area contributed by atoms with Crippen LogP contribution in [0.5, 0.6) is 0 Å². The summed E-state index contributed by atoms with van der Waals surface area (Å²) in [5.74, 6) is 0. The molecule has 0 heterocycles. The maximum atomic E-state index is 10.5. The summed E-state index contributed by atoms with van der Waals surface area (Å²) in [6.07, 6.45) is 5.04. The first-order chi connectivity index (χ1) is 4.21. The Morgan fingerprint density at radius 2 is 2.44 bits per heavy atom. The first-order valence-corrected chi connectivity index (χ1v) is 4.06. The fourth-order valence-corrected chi connectivity index (χ4v) is 1.56. The van der Waals surface area contributed by atoms with Gasteiger partial charge in [0.05, 0.1) is 4.75 Å². The smallest absolute Gasteiger partial charge is 0.0538 e. The van der Waals surface area contributed by atoms with Crippen molar-refractivity contribution in [3.8, 4) is 0 Å². The average molecular weight is 145 g/mol. The number of allylic oxidation sites excluding steroid dienone is 1. The van der Waals surface area contributed by atoms with Gasteiger partial charge in [-0.1, -0.05) is 19.1 Å². The highest BCUT2D eigenvalue weighted by molar-refractivity contribution is 7.81. The molecule has 9 heavy (non-hydrogen) atoms. The summed E-state index contributed by atoms with van der Waals surface area (Å²) in [5.41, 5.74) is 0. The van der Waals surface area contributed by atoms with Gasteiger partial charge in [-0.2, -0.15) is 0 Å². The predicted octanol–water partition coefficient (Wildman–Crippen LogP) is 0.974. The van der Waals surface area contributed by atoms with Crippen LogP contribution in [-0.2, 0) is 11.1 Å². The molecule has 0 N–H and O–H groups in total. The van der Waals surface area contributed by atoms with E-state index in [1.807, 2.05) is 13.0 Å². The second kappa shape index (κ2) is 2.23. The average Bonchev–Trinajstić information content (AvgIpc) is 1.62.